The van der Waals surface area contributed by atoms with E-state index in [1.807, 2.05) is 38.2 Å². The number of hydrogen-bond donors (Lipinski definition) is 0. The molecule has 0 N–H and O–H groups in total. The van der Waals surface area contributed by atoms with Crippen LogP contribution in [0, 0.1) is 6.92 Å². The smallest absolute Gasteiger partial charge is 0.281 e. The van der Waals surface area contributed by atoms with E-state index in [9.17, 15) is 4.79 Å². The molecule has 5 rings (SSSR count). The maximum atomic E-state index is 13.4. The Balaban J connectivity index is 1.62. The van der Waals surface area contributed by atoms with Gasteiger partial charge in [-0.1, -0.05) is 19.1 Å². The standard InChI is InChI=1S/C21H21N7O2/c1-4-11-30-15-7-5-14(6-8-15)20-18-13(2)26(3)25-19(18)21(29)28(20)17-10-9-16-23-22-12-27(16)24-17/h5-10,12,20H,4,11H2,1-3H3. The van der Waals surface area contributed by atoms with E-state index in [1.54, 1.807) is 26.2 Å². The van der Waals surface area contributed by atoms with Crippen molar-refractivity contribution in [3.8, 4) is 5.75 Å². The molecule has 30 heavy (non-hydrogen) atoms. The van der Waals surface area contributed by atoms with Crippen molar-refractivity contribution < 1.29 is 9.53 Å². The van der Waals surface area contributed by atoms with Crippen molar-refractivity contribution >= 4 is 17.4 Å². The summed E-state index contributed by atoms with van der Waals surface area (Å²) in [6.07, 6.45) is 2.47. The van der Waals surface area contributed by atoms with Crippen molar-refractivity contribution in [3.63, 3.8) is 0 Å². The number of fused-ring (bicyclic) bond motifs is 2. The monoisotopic (exact) mass is 403 g/mol. The Bertz CT molecular complexity index is 1240. The highest BCUT2D eigenvalue weighted by Crippen LogP contribution is 2.42. The summed E-state index contributed by atoms with van der Waals surface area (Å²) >= 11 is 0. The van der Waals surface area contributed by atoms with E-state index in [4.69, 9.17) is 4.74 Å². The second-order valence-corrected chi connectivity index (χ2v) is 7.29. The number of nitrogens with zero attached hydrogens (tertiary/aromatic N) is 7. The number of carbonyl (C=O) groups excluding carboxylic acids is 1. The zero-order valence-corrected chi connectivity index (χ0v) is 17.0. The zero-order valence-electron chi connectivity index (χ0n) is 17.0. The van der Waals surface area contributed by atoms with Gasteiger partial charge in [0, 0.05) is 18.3 Å². The minimum atomic E-state index is -0.331. The van der Waals surface area contributed by atoms with Crippen LogP contribution in [0.25, 0.3) is 5.65 Å². The summed E-state index contributed by atoms with van der Waals surface area (Å²) in [4.78, 5) is 15.1. The first kappa shape index (κ1) is 18.3. The Hall–Kier alpha value is -3.75. The predicted molar refractivity (Wildman–Crippen MR) is 110 cm³/mol. The maximum absolute atomic E-state index is 13.4. The highest BCUT2D eigenvalue weighted by atomic mass is 16.5. The van der Waals surface area contributed by atoms with Gasteiger partial charge >= 0.3 is 0 Å². The predicted octanol–water partition coefficient (Wildman–Crippen LogP) is 2.70. The van der Waals surface area contributed by atoms with Gasteiger partial charge in [-0.2, -0.15) is 9.61 Å². The lowest BCUT2D eigenvalue weighted by atomic mass is 9.99. The number of aromatic nitrogens is 6. The van der Waals surface area contributed by atoms with Crippen LogP contribution in [0.5, 0.6) is 5.75 Å². The molecule has 1 aromatic carbocycles. The van der Waals surface area contributed by atoms with Crippen LogP contribution >= 0.6 is 0 Å². The summed E-state index contributed by atoms with van der Waals surface area (Å²) in [5.41, 5.74) is 3.88. The maximum Gasteiger partial charge on any atom is 0.281 e. The third-order valence-electron chi connectivity index (χ3n) is 5.40. The van der Waals surface area contributed by atoms with Gasteiger partial charge in [0.15, 0.2) is 17.2 Å². The van der Waals surface area contributed by atoms with Crippen molar-refractivity contribution in [2.45, 2.75) is 26.3 Å². The Morgan fingerprint density at radius 1 is 1.10 bits per heavy atom. The zero-order chi connectivity index (χ0) is 20.8. The van der Waals surface area contributed by atoms with Crippen LogP contribution < -0.4 is 9.64 Å². The van der Waals surface area contributed by atoms with Crippen LogP contribution in [-0.4, -0.2) is 42.1 Å². The van der Waals surface area contributed by atoms with Crippen LogP contribution in [0.1, 0.15) is 46.7 Å². The third-order valence-corrected chi connectivity index (χ3v) is 5.40. The van der Waals surface area contributed by atoms with Crippen molar-refractivity contribution in [1.82, 2.24) is 29.6 Å². The molecule has 1 atom stereocenters. The quantitative estimate of drug-likeness (QED) is 0.509. The Labute approximate surface area is 172 Å². The largest absolute Gasteiger partial charge is 0.494 e. The van der Waals surface area contributed by atoms with Crippen LogP contribution in [0.3, 0.4) is 0 Å². The van der Waals surface area contributed by atoms with Crippen LogP contribution in [0.15, 0.2) is 42.7 Å². The fraction of sp³-hybridized carbons (Fsp3) is 0.286. The Kier molecular flexibility index (Phi) is 4.23. The van der Waals surface area contributed by atoms with E-state index in [1.165, 1.54) is 6.33 Å². The second-order valence-electron chi connectivity index (χ2n) is 7.29. The molecule has 0 fully saturated rings. The number of hydrogen-bond acceptors (Lipinski definition) is 6. The summed E-state index contributed by atoms with van der Waals surface area (Å²) < 4.78 is 9.03. The number of rotatable bonds is 5. The number of aryl methyl sites for hydroxylation is 1. The van der Waals surface area contributed by atoms with Gasteiger partial charge in [-0.05, 0) is 43.2 Å². The molecule has 1 amide bonds. The number of carbonyl (C=O) groups is 1. The minimum Gasteiger partial charge on any atom is -0.494 e. The lowest BCUT2D eigenvalue weighted by Crippen LogP contribution is -2.31. The van der Waals surface area contributed by atoms with E-state index in [0.717, 1.165) is 29.0 Å². The summed E-state index contributed by atoms with van der Waals surface area (Å²) in [6, 6.07) is 11.1. The molecule has 152 valence electrons. The van der Waals surface area contributed by atoms with E-state index in [2.05, 4.69) is 27.3 Å². The van der Waals surface area contributed by atoms with Crippen molar-refractivity contribution in [2.75, 3.05) is 11.5 Å². The molecule has 4 aromatic rings. The molecule has 3 aromatic heterocycles. The van der Waals surface area contributed by atoms with Gasteiger partial charge in [0.2, 0.25) is 0 Å². The molecule has 0 saturated carbocycles. The summed E-state index contributed by atoms with van der Waals surface area (Å²) in [7, 11) is 1.85. The minimum absolute atomic E-state index is 0.176. The Morgan fingerprint density at radius 3 is 2.67 bits per heavy atom. The SMILES string of the molecule is CCCOc1ccc(C2c3c(nn(C)c3C)C(=O)N2c2ccc3nncn3n2)cc1. The first-order valence-corrected chi connectivity index (χ1v) is 9.85. The van der Waals surface area contributed by atoms with Crippen LogP contribution in [-0.2, 0) is 7.05 Å². The number of anilines is 1. The molecular formula is C21H21N7O2. The topological polar surface area (TPSA) is 90.4 Å². The summed E-state index contributed by atoms with van der Waals surface area (Å²) in [5, 5.41) is 16.9. The summed E-state index contributed by atoms with van der Waals surface area (Å²) in [5.74, 6) is 1.15. The first-order chi connectivity index (χ1) is 14.6. The van der Waals surface area contributed by atoms with E-state index in [-0.39, 0.29) is 11.9 Å². The average molecular weight is 403 g/mol. The van der Waals surface area contributed by atoms with Gasteiger partial charge in [-0.3, -0.25) is 14.4 Å². The van der Waals surface area contributed by atoms with Gasteiger partial charge in [0.25, 0.3) is 5.91 Å². The highest BCUT2D eigenvalue weighted by Gasteiger charge is 2.43. The molecule has 0 saturated heterocycles. The van der Waals surface area contributed by atoms with E-state index in [0.29, 0.717) is 23.8 Å². The van der Waals surface area contributed by atoms with Crippen molar-refractivity contribution in [1.29, 1.82) is 0 Å². The Morgan fingerprint density at radius 2 is 1.90 bits per heavy atom. The molecule has 0 bridgehead atoms. The highest BCUT2D eigenvalue weighted by molar-refractivity contribution is 6.10. The molecule has 0 spiro atoms. The van der Waals surface area contributed by atoms with Gasteiger partial charge in [0.05, 0.1) is 12.6 Å². The summed E-state index contributed by atoms with van der Waals surface area (Å²) in [6.45, 7) is 4.72. The second kappa shape index (κ2) is 6.94. The fourth-order valence-corrected chi connectivity index (χ4v) is 3.84. The number of amides is 1. The van der Waals surface area contributed by atoms with Gasteiger partial charge in [-0.15, -0.1) is 15.3 Å². The van der Waals surface area contributed by atoms with E-state index >= 15 is 0 Å². The van der Waals surface area contributed by atoms with Crippen molar-refractivity contribution in [3.05, 3.63) is 65.2 Å². The van der Waals surface area contributed by atoms with Crippen molar-refractivity contribution in [2.24, 2.45) is 7.05 Å². The molecule has 0 aliphatic carbocycles. The van der Waals surface area contributed by atoms with Gasteiger partial charge < -0.3 is 4.74 Å². The lowest BCUT2D eigenvalue weighted by Gasteiger charge is -2.25. The van der Waals surface area contributed by atoms with Gasteiger partial charge in [0.1, 0.15) is 12.1 Å². The molecule has 9 nitrogen and oxygen atoms in total. The fourth-order valence-electron chi connectivity index (χ4n) is 3.84. The molecule has 1 unspecified atom stereocenters. The number of ether oxygens (including phenoxy) is 1. The lowest BCUT2D eigenvalue weighted by molar-refractivity contribution is 0.0987. The van der Waals surface area contributed by atoms with E-state index < -0.39 is 0 Å². The molecule has 0 radical (unpaired) electrons. The molecular weight excluding hydrogens is 382 g/mol. The molecule has 1 aliphatic rings. The molecule has 9 heteroatoms. The average Bonchev–Trinajstić information content (AvgIpc) is 3.42. The third kappa shape index (κ3) is 2.73. The normalized spacial score (nSPS) is 15.8. The number of benzene rings is 1. The van der Waals surface area contributed by atoms with Gasteiger partial charge in [-0.25, -0.2) is 0 Å². The molecule has 1 aliphatic heterocycles. The van der Waals surface area contributed by atoms with Crippen LogP contribution in [0.2, 0.25) is 0 Å². The van der Waals surface area contributed by atoms with Crippen LogP contribution in [0.4, 0.5) is 5.82 Å². The first-order valence-electron chi connectivity index (χ1n) is 9.85. The molecule has 4 heterocycles.